The fraction of sp³-hybridized carbons (Fsp3) is 0.583. The summed E-state index contributed by atoms with van der Waals surface area (Å²) in [6.45, 7) is 5.60. The van der Waals surface area contributed by atoms with Crippen LogP contribution in [-0.2, 0) is 12.8 Å². The van der Waals surface area contributed by atoms with Gasteiger partial charge in [-0.25, -0.2) is 0 Å². The number of anilines is 1. The molecular weight excluding hydrogens is 206 g/mol. The van der Waals surface area contributed by atoms with Gasteiger partial charge in [-0.2, -0.15) is 0 Å². The summed E-state index contributed by atoms with van der Waals surface area (Å²) in [5, 5.41) is 0.722. The van der Waals surface area contributed by atoms with E-state index in [1.54, 1.807) is 18.3 Å². The maximum absolute atomic E-state index is 11.3. The number of carbonyl (C=O) groups excluding carboxylic acids is 1. The van der Waals surface area contributed by atoms with Gasteiger partial charge in [0, 0.05) is 4.88 Å². The van der Waals surface area contributed by atoms with Crippen LogP contribution in [0.15, 0.2) is 0 Å². The monoisotopic (exact) mass is 225 g/mol. The number of fused-ring (bicyclic) bond motifs is 1. The van der Waals surface area contributed by atoms with E-state index >= 15 is 0 Å². The number of aryl methyl sites for hydroxylation is 1. The molecule has 0 spiro atoms. The van der Waals surface area contributed by atoms with Crippen molar-refractivity contribution in [3.8, 4) is 0 Å². The molecule has 2 N–H and O–H groups in total. The molecule has 2 rings (SSSR count). The van der Waals surface area contributed by atoms with Crippen molar-refractivity contribution in [2.45, 2.75) is 46.5 Å². The van der Waals surface area contributed by atoms with Crippen LogP contribution in [-0.4, -0.2) is 5.78 Å². The second-order valence-corrected chi connectivity index (χ2v) is 4.64. The summed E-state index contributed by atoms with van der Waals surface area (Å²) in [5.74, 6) is 0.122. The van der Waals surface area contributed by atoms with Gasteiger partial charge in [-0.15, -0.1) is 11.3 Å². The summed E-state index contributed by atoms with van der Waals surface area (Å²) in [4.78, 5) is 12.7. The minimum atomic E-state index is 0.122. The zero-order valence-corrected chi connectivity index (χ0v) is 10.5. The topological polar surface area (TPSA) is 43.1 Å². The Bertz CT molecular complexity index is 355. The van der Waals surface area contributed by atoms with E-state index in [0.29, 0.717) is 0 Å². The standard InChI is InChI=1S/C10H13NOS.C2H6/c1-6(12)9-7-4-2-3-5-8(7)13-10(9)11;1-2/h2-5,11H2,1H3;1-2H3. The van der Waals surface area contributed by atoms with Gasteiger partial charge in [0.15, 0.2) is 5.78 Å². The third-order valence-electron chi connectivity index (χ3n) is 2.55. The number of Topliss-reactive ketones (excluding diaryl/α,β-unsaturated/α-hetero) is 1. The van der Waals surface area contributed by atoms with Crippen molar-refractivity contribution in [3.63, 3.8) is 0 Å². The van der Waals surface area contributed by atoms with Crippen LogP contribution in [0.2, 0.25) is 0 Å². The van der Waals surface area contributed by atoms with E-state index in [9.17, 15) is 4.79 Å². The molecule has 0 saturated carbocycles. The van der Waals surface area contributed by atoms with Crippen molar-refractivity contribution in [2.75, 3.05) is 5.73 Å². The lowest BCUT2D eigenvalue weighted by Gasteiger charge is -2.10. The summed E-state index contributed by atoms with van der Waals surface area (Å²) in [7, 11) is 0. The normalized spacial score (nSPS) is 13.8. The van der Waals surface area contributed by atoms with Gasteiger partial charge in [0.1, 0.15) is 0 Å². The Morgan fingerprint density at radius 2 is 1.87 bits per heavy atom. The number of hydrogen-bond acceptors (Lipinski definition) is 3. The Morgan fingerprint density at radius 3 is 2.47 bits per heavy atom. The van der Waals surface area contributed by atoms with Crippen molar-refractivity contribution >= 4 is 22.1 Å². The molecule has 84 valence electrons. The number of nitrogen functional groups attached to an aromatic ring is 1. The van der Waals surface area contributed by atoms with E-state index in [1.807, 2.05) is 13.8 Å². The molecule has 0 radical (unpaired) electrons. The van der Waals surface area contributed by atoms with Crippen molar-refractivity contribution in [1.82, 2.24) is 0 Å². The second-order valence-electron chi connectivity index (χ2n) is 3.51. The first kappa shape index (κ1) is 12.2. The molecule has 0 fully saturated rings. The Labute approximate surface area is 95.5 Å². The summed E-state index contributed by atoms with van der Waals surface area (Å²) in [6.07, 6.45) is 4.59. The van der Waals surface area contributed by atoms with E-state index in [4.69, 9.17) is 5.73 Å². The molecule has 0 saturated heterocycles. The van der Waals surface area contributed by atoms with Gasteiger partial charge < -0.3 is 5.73 Å². The Balaban J connectivity index is 0.000000531. The van der Waals surface area contributed by atoms with Crippen molar-refractivity contribution in [1.29, 1.82) is 0 Å². The summed E-state index contributed by atoms with van der Waals surface area (Å²) in [5.41, 5.74) is 7.86. The lowest BCUT2D eigenvalue weighted by atomic mass is 9.94. The van der Waals surface area contributed by atoms with E-state index in [0.717, 1.165) is 23.4 Å². The van der Waals surface area contributed by atoms with Crippen molar-refractivity contribution in [3.05, 3.63) is 16.0 Å². The Morgan fingerprint density at radius 1 is 1.27 bits per heavy atom. The molecule has 0 aliphatic heterocycles. The predicted octanol–water partition coefficient (Wildman–Crippen LogP) is 3.44. The number of thiophene rings is 1. The fourth-order valence-electron chi connectivity index (χ4n) is 1.97. The zero-order chi connectivity index (χ0) is 11.4. The molecule has 15 heavy (non-hydrogen) atoms. The van der Waals surface area contributed by atoms with Crippen LogP contribution in [0, 0.1) is 0 Å². The number of hydrogen-bond donors (Lipinski definition) is 1. The van der Waals surface area contributed by atoms with Crippen LogP contribution >= 0.6 is 11.3 Å². The molecule has 1 aliphatic carbocycles. The summed E-state index contributed by atoms with van der Waals surface area (Å²) >= 11 is 1.60. The first-order chi connectivity index (χ1) is 7.20. The number of ketones is 1. The van der Waals surface area contributed by atoms with Gasteiger partial charge in [-0.3, -0.25) is 4.79 Å². The third-order valence-corrected chi connectivity index (χ3v) is 3.67. The van der Waals surface area contributed by atoms with Crippen LogP contribution in [0.25, 0.3) is 0 Å². The highest BCUT2D eigenvalue weighted by Crippen LogP contribution is 2.36. The van der Waals surface area contributed by atoms with Crippen molar-refractivity contribution in [2.24, 2.45) is 0 Å². The molecule has 0 aromatic carbocycles. The maximum atomic E-state index is 11.3. The second kappa shape index (κ2) is 5.31. The quantitative estimate of drug-likeness (QED) is 0.744. The molecule has 0 unspecified atom stereocenters. The van der Waals surface area contributed by atoms with Crippen LogP contribution in [0.1, 0.15) is 54.4 Å². The predicted molar refractivity (Wildman–Crippen MR) is 66.7 cm³/mol. The molecule has 1 aromatic rings. The largest absolute Gasteiger partial charge is 0.390 e. The highest BCUT2D eigenvalue weighted by Gasteiger charge is 2.21. The van der Waals surface area contributed by atoms with Gasteiger partial charge >= 0.3 is 0 Å². The van der Waals surface area contributed by atoms with Crippen LogP contribution in [0.5, 0.6) is 0 Å². The summed E-state index contributed by atoms with van der Waals surface area (Å²) in [6, 6.07) is 0. The molecule has 1 aliphatic rings. The smallest absolute Gasteiger partial charge is 0.163 e. The number of rotatable bonds is 1. The molecule has 1 heterocycles. The minimum absolute atomic E-state index is 0.122. The van der Waals surface area contributed by atoms with Gasteiger partial charge in [-0.1, -0.05) is 13.8 Å². The van der Waals surface area contributed by atoms with Crippen LogP contribution in [0.4, 0.5) is 5.00 Å². The first-order valence-electron chi connectivity index (χ1n) is 5.61. The zero-order valence-electron chi connectivity index (χ0n) is 9.72. The van der Waals surface area contributed by atoms with Gasteiger partial charge in [0.05, 0.1) is 10.6 Å². The minimum Gasteiger partial charge on any atom is -0.390 e. The average Bonchev–Trinajstić information content (AvgIpc) is 2.56. The van der Waals surface area contributed by atoms with Crippen molar-refractivity contribution < 1.29 is 4.79 Å². The lowest BCUT2D eigenvalue weighted by Crippen LogP contribution is -2.04. The fourth-order valence-corrected chi connectivity index (χ4v) is 3.18. The van der Waals surface area contributed by atoms with Gasteiger partial charge in [0.25, 0.3) is 0 Å². The molecule has 2 nitrogen and oxygen atoms in total. The average molecular weight is 225 g/mol. The van der Waals surface area contributed by atoms with Crippen LogP contribution in [0.3, 0.4) is 0 Å². The summed E-state index contributed by atoms with van der Waals surface area (Å²) < 4.78 is 0. The highest BCUT2D eigenvalue weighted by atomic mass is 32.1. The van der Waals surface area contributed by atoms with E-state index in [2.05, 4.69) is 0 Å². The van der Waals surface area contributed by atoms with E-state index < -0.39 is 0 Å². The molecular formula is C12H19NOS. The molecule has 0 amide bonds. The molecule has 0 bridgehead atoms. The van der Waals surface area contributed by atoms with Gasteiger partial charge in [0.2, 0.25) is 0 Å². The first-order valence-corrected chi connectivity index (χ1v) is 6.42. The highest BCUT2D eigenvalue weighted by molar-refractivity contribution is 7.16. The molecule has 3 heteroatoms. The van der Waals surface area contributed by atoms with Crippen LogP contribution < -0.4 is 5.73 Å². The molecule has 0 atom stereocenters. The Kier molecular flexibility index (Phi) is 4.33. The third kappa shape index (κ3) is 2.40. The number of nitrogens with two attached hydrogens (primary N) is 1. The Hall–Kier alpha value is -0.830. The lowest BCUT2D eigenvalue weighted by molar-refractivity contribution is 0.101. The van der Waals surface area contributed by atoms with E-state index in [1.165, 1.54) is 23.3 Å². The van der Waals surface area contributed by atoms with E-state index in [-0.39, 0.29) is 5.78 Å². The van der Waals surface area contributed by atoms with Gasteiger partial charge in [-0.05, 0) is 38.2 Å². The SMILES string of the molecule is CC.CC(=O)c1c(N)sc2c1CCCC2. The number of carbonyl (C=O) groups is 1. The maximum Gasteiger partial charge on any atom is 0.163 e. The molecule has 1 aromatic heterocycles.